The first-order valence-electron chi connectivity index (χ1n) is 7.52. The highest BCUT2D eigenvalue weighted by Crippen LogP contribution is 2.32. The number of fused-ring (bicyclic) bond motifs is 1. The van der Waals surface area contributed by atoms with Crippen LogP contribution in [-0.2, 0) is 0 Å². The summed E-state index contributed by atoms with van der Waals surface area (Å²) in [6.07, 6.45) is 0. The lowest BCUT2D eigenvalue weighted by Gasteiger charge is -2.36. The molecule has 0 amide bonds. The molecule has 4 rings (SSSR count). The monoisotopic (exact) mass is 439 g/mol. The summed E-state index contributed by atoms with van der Waals surface area (Å²) in [5, 5.41) is 6.21. The molecule has 6 heteroatoms. The van der Waals surface area contributed by atoms with Crippen LogP contribution in [0, 0.1) is 3.57 Å². The first kappa shape index (κ1) is 15.1. The Morgan fingerprint density at radius 1 is 0.957 bits per heavy atom. The van der Waals surface area contributed by atoms with Crippen molar-refractivity contribution in [1.29, 1.82) is 0 Å². The van der Waals surface area contributed by atoms with Gasteiger partial charge < -0.3 is 14.3 Å². The zero-order chi connectivity index (χ0) is 15.8. The topological polar surface area (TPSA) is 32.5 Å². The maximum Gasteiger partial charge on any atom is 0.181 e. The van der Waals surface area contributed by atoms with Crippen molar-refractivity contribution in [1.82, 2.24) is 5.16 Å². The number of para-hydroxylation sites is 1. The van der Waals surface area contributed by atoms with E-state index >= 15 is 0 Å². The number of nitrogens with zero attached hydrogens (tertiary/aromatic N) is 3. The number of halogens is 2. The number of anilines is 2. The standard InChI is InChI=1S/C17H15ClIN3O/c18-12-4-1-2-6-14(12)21-8-10-22(11-9-21)17-16-13(19)5-3-7-15(16)23-20-17/h1-7H,8-11H2. The van der Waals surface area contributed by atoms with E-state index in [1.165, 1.54) is 3.57 Å². The van der Waals surface area contributed by atoms with Crippen molar-refractivity contribution in [3.63, 3.8) is 0 Å². The third-order valence-electron chi connectivity index (χ3n) is 4.20. The molecule has 0 unspecified atom stereocenters. The average Bonchev–Trinajstić information content (AvgIpc) is 3.01. The quantitative estimate of drug-likeness (QED) is 0.554. The molecule has 0 spiro atoms. The summed E-state index contributed by atoms with van der Waals surface area (Å²) < 4.78 is 6.65. The lowest BCUT2D eigenvalue weighted by Crippen LogP contribution is -2.46. The zero-order valence-corrected chi connectivity index (χ0v) is 15.3. The molecule has 0 saturated carbocycles. The van der Waals surface area contributed by atoms with Crippen LogP contribution in [0.25, 0.3) is 11.0 Å². The Bertz CT molecular complexity index is 843. The predicted octanol–water partition coefficient (Wildman–Crippen LogP) is 4.41. The molecule has 0 bridgehead atoms. The van der Waals surface area contributed by atoms with E-state index < -0.39 is 0 Å². The minimum atomic E-state index is 0.808. The van der Waals surface area contributed by atoms with Crippen LogP contribution in [-0.4, -0.2) is 31.3 Å². The van der Waals surface area contributed by atoms with Crippen molar-refractivity contribution in [2.45, 2.75) is 0 Å². The Balaban J connectivity index is 1.57. The van der Waals surface area contributed by atoms with Gasteiger partial charge in [-0.3, -0.25) is 0 Å². The number of benzene rings is 2. The maximum atomic E-state index is 6.31. The molecule has 1 aliphatic heterocycles. The van der Waals surface area contributed by atoms with E-state index in [9.17, 15) is 0 Å². The van der Waals surface area contributed by atoms with E-state index in [-0.39, 0.29) is 0 Å². The molecular formula is C17H15ClIN3O. The third kappa shape index (κ3) is 2.76. The van der Waals surface area contributed by atoms with Gasteiger partial charge in [-0.1, -0.05) is 35.0 Å². The fourth-order valence-electron chi connectivity index (χ4n) is 3.02. The molecule has 23 heavy (non-hydrogen) atoms. The summed E-state index contributed by atoms with van der Waals surface area (Å²) in [7, 11) is 0. The minimum Gasteiger partial charge on any atom is -0.367 e. The minimum absolute atomic E-state index is 0.808. The number of hydrogen-bond donors (Lipinski definition) is 0. The van der Waals surface area contributed by atoms with Gasteiger partial charge in [-0.25, -0.2) is 0 Å². The van der Waals surface area contributed by atoms with Gasteiger partial charge in [0.05, 0.1) is 16.1 Å². The molecule has 0 aliphatic carbocycles. The van der Waals surface area contributed by atoms with Crippen LogP contribution in [0.1, 0.15) is 0 Å². The maximum absolute atomic E-state index is 6.31. The van der Waals surface area contributed by atoms with Gasteiger partial charge in [0.1, 0.15) is 0 Å². The summed E-state index contributed by atoms with van der Waals surface area (Å²) in [5.41, 5.74) is 1.95. The lowest BCUT2D eigenvalue weighted by atomic mass is 10.2. The molecule has 118 valence electrons. The Morgan fingerprint density at radius 2 is 1.70 bits per heavy atom. The summed E-state index contributed by atoms with van der Waals surface area (Å²) in [6, 6.07) is 14.1. The summed E-state index contributed by atoms with van der Waals surface area (Å²) in [4.78, 5) is 4.62. The van der Waals surface area contributed by atoms with E-state index in [0.717, 1.165) is 53.7 Å². The van der Waals surface area contributed by atoms with Gasteiger partial charge in [-0.05, 0) is 46.9 Å². The molecule has 2 aromatic carbocycles. The van der Waals surface area contributed by atoms with Crippen molar-refractivity contribution in [2.75, 3.05) is 36.0 Å². The predicted molar refractivity (Wildman–Crippen MR) is 103 cm³/mol. The number of rotatable bonds is 2. The van der Waals surface area contributed by atoms with Crippen LogP contribution < -0.4 is 9.80 Å². The molecule has 2 heterocycles. The van der Waals surface area contributed by atoms with Crippen molar-refractivity contribution in [3.05, 3.63) is 51.1 Å². The number of piperazine rings is 1. The highest BCUT2D eigenvalue weighted by molar-refractivity contribution is 14.1. The number of aromatic nitrogens is 1. The molecule has 0 atom stereocenters. The normalized spacial score (nSPS) is 15.4. The largest absolute Gasteiger partial charge is 0.367 e. The van der Waals surface area contributed by atoms with Crippen molar-refractivity contribution in [3.8, 4) is 0 Å². The SMILES string of the molecule is Clc1ccccc1N1CCN(c2noc3cccc(I)c23)CC1. The third-order valence-corrected chi connectivity index (χ3v) is 5.42. The number of hydrogen-bond acceptors (Lipinski definition) is 4. The Labute approximate surface area is 153 Å². The van der Waals surface area contributed by atoms with Gasteiger partial charge in [0.2, 0.25) is 0 Å². The fraction of sp³-hybridized carbons (Fsp3) is 0.235. The summed E-state index contributed by atoms with van der Waals surface area (Å²) in [6.45, 7) is 3.64. The fourth-order valence-corrected chi connectivity index (χ4v) is 3.99. The molecule has 3 aromatic rings. The summed E-state index contributed by atoms with van der Waals surface area (Å²) >= 11 is 8.65. The summed E-state index contributed by atoms with van der Waals surface area (Å²) in [5.74, 6) is 0.948. The lowest BCUT2D eigenvalue weighted by molar-refractivity contribution is 0.453. The Morgan fingerprint density at radius 3 is 2.48 bits per heavy atom. The molecule has 1 aliphatic rings. The van der Waals surface area contributed by atoms with Gasteiger partial charge in [0, 0.05) is 29.7 Å². The van der Waals surface area contributed by atoms with E-state index in [0.29, 0.717) is 0 Å². The van der Waals surface area contributed by atoms with E-state index in [2.05, 4.69) is 49.7 Å². The smallest absolute Gasteiger partial charge is 0.181 e. The van der Waals surface area contributed by atoms with Gasteiger partial charge in [0.25, 0.3) is 0 Å². The van der Waals surface area contributed by atoms with Crippen LogP contribution in [0.4, 0.5) is 11.5 Å². The van der Waals surface area contributed by atoms with Crippen LogP contribution in [0.5, 0.6) is 0 Å². The molecule has 1 fully saturated rings. The molecule has 0 radical (unpaired) electrons. The highest BCUT2D eigenvalue weighted by atomic mass is 127. The van der Waals surface area contributed by atoms with Gasteiger partial charge >= 0.3 is 0 Å². The second kappa shape index (κ2) is 6.20. The van der Waals surface area contributed by atoms with Crippen molar-refractivity contribution >= 4 is 56.7 Å². The Kier molecular flexibility index (Phi) is 4.07. The van der Waals surface area contributed by atoms with E-state index in [1.54, 1.807) is 0 Å². The van der Waals surface area contributed by atoms with Crippen molar-refractivity contribution in [2.24, 2.45) is 0 Å². The average molecular weight is 440 g/mol. The van der Waals surface area contributed by atoms with Gasteiger partial charge in [-0.15, -0.1) is 0 Å². The van der Waals surface area contributed by atoms with E-state index in [4.69, 9.17) is 16.1 Å². The molecule has 0 N–H and O–H groups in total. The van der Waals surface area contributed by atoms with Gasteiger partial charge in [-0.2, -0.15) is 0 Å². The van der Waals surface area contributed by atoms with Crippen LogP contribution >= 0.6 is 34.2 Å². The zero-order valence-electron chi connectivity index (χ0n) is 12.4. The van der Waals surface area contributed by atoms with Crippen molar-refractivity contribution < 1.29 is 4.52 Å². The highest BCUT2D eigenvalue weighted by Gasteiger charge is 2.23. The molecule has 4 nitrogen and oxygen atoms in total. The first-order valence-corrected chi connectivity index (χ1v) is 8.98. The van der Waals surface area contributed by atoms with Gasteiger partial charge in [0.15, 0.2) is 11.4 Å². The van der Waals surface area contributed by atoms with Crippen LogP contribution in [0.15, 0.2) is 47.0 Å². The molecule has 1 aromatic heterocycles. The van der Waals surface area contributed by atoms with Crippen LogP contribution in [0.2, 0.25) is 5.02 Å². The van der Waals surface area contributed by atoms with E-state index in [1.807, 2.05) is 30.3 Å². The second-order valence-corrected chi connectivity index (χ2v) is 7.11. The van der Waals surface area contributed by atoms with Crippen LogP contribution in [0.3, 0.4) is 0 Å². The second-order valence-electron chi connectivity index (χ2n) is 5.54. The molecule has 1 saturated heterocycles. The Hall–Kier alpha value is -1.47. The molecular weight excluding hydrogens is 425 g/mol. The first-order chi connectivity index (χ1) is 11.2.